The highest BCUT2D eigenvalue weighted by Crippen LogP contribution is 2.47. The minimum atomic E-state index is -3.79. The van der Waals surface area contributed by atoms with Gasteiger partial charge in [0.15, 0.2) is 0 Å². The van der Waals surface area contributed by atoms with Crippen LogP contribution in [0, 0.1) is 11.2 Å². The van der Waals surface area contributed by atoms with E-state index < -0.39 is 21.3 Å². The van der Waals surface area contributed by atoms with Crippen LogP contribution in [0.4, 0.5) is 4.39 Å². The van der Waals surface area contributed by atoms with Crippen molar-refractivity contribution < 1.29 is 27.1 Å². The highest BCUT2D eigenvalue weighted by atomic mass is 32.2. The zero-order chi connectivity index (χ0) is 26.2. The zero-order valence-corrected chi connectivity index (χ0v) is 21.3. The van der Waals surface area contributed by atoms with Gasteiger partial charge in [-0.3, -0.25) is 4.79 Å². The van der Waals surface area contributed by atoms with E-state index in [0.717, 1.165) is 5.56 Å². The molecule has 2 aromatic carbocycles. The van der Waals surface area contributed by atoms with Crippen LogP contribution in [-0.4, -0.2) is 44.7 Å². The van der Waals surface area contributed by atoms with Crippen molar-refractivity contribution in [3.05, 3.63) is 66.0 Å². The standard InChI is InChI=1S/C27H30FN3O5S/c1-17(18-2-5-20(28)6-3-18)27(26(29)32)12-10-21(11-13-27)31-37(33,34)23-7-8-24-19(14-23)4-9-25(30-24)36-22-15-35-16-22/h2-9,14,17,21-22,31H,10-13,15-16H2,1H3,(H2,29,32)/t17-,21?,27?/m1/s1. The maximum Gasteiger partial charge on any atom is 0.240 e. The molecule has 3 aromatic rings. The first-order valence-corrected chi connectivity index (χ1v) is 13.9. The van der Waals surface area contributed by atoms with Gasteiger partial charge in [0.2, 0.25) is 21.8 Å². The van der Waals surface area contributed by atoms with Gasteiger partial charge in [0, 0.05) is 17.5 Å². The lowest BCUT2D eigenvalue weighted by molar-refractivity contribution is -0.131. The molecular formula is C27H30FN3O5S. The number of primary amides is 1. The van der Waals surface area contributed by atoms with Crippen molar-refractivity contribution in [3.8, 4) is 5.88 Å². The number of halogens is 1. The van der Waals surface area contributed by atoms with Gasteiger partial charge in [0.25, 0.3) is 0 Å². The van der Waals surface area contributed by atoms with E-state index in [-0.39, 0.29) is 28.8 Å². The quantitative estimate of drug-likeness (QED) is 0.461. The Morgan fingerprint density at radius 2 is 1.84 bits per heavy atom. The minimum absolute atomic E-state index is 0.00345. The second kappa shape index (κ2) is 10.00. The van der Waals surface area contributed by atoms with E-state index in [2.05, 4.69) is 9.71 Å². The van der Waals surface area contributed by atoms with E-state index in [1.54, 1.807) is 36.4 Å². The molecule has 1 aromatic heterocycles. The molecule has 0 spiro atoms. The second-order valence-corrected chi connectivity index (χ2v) is 11.7. The van der Waals surface area contributed by atoms with Crippen molar-refractivity contribution in [1.82, 2.24) is 9.71 Å². The molecule has 2 aliphatic rings. The van der Waals surface area contributed by atoms with Gasteiger partial charge >= 0.3 is 0 Å². The third-order valence-corrected chi connectivity index (χ3v) is 9.25. The topological polar surface area (TPSA) is 121 Å². The van der Waals surface area contributed by atoms with Gasteiger partial charge in [-0.15, -0.1) is 0 Å². The smallest absolute Gasteiger partial charge is 0.240 e. The van der Waals surface area contributed by atoms with E-state index in [1.165, 1.54) is 18.2 Å². The van der Waals surface area contributed by atoms with Gasteiger partial charge < -0.3 is 15.2 Å². The van der Waals surface area contributed by atoms with Crippen LogP contribution in [-0.2, 0) is 19.6 Å². The Bertz CT molecular complexity index is 1400. The molecule has 0 bridgehead atoms. The third kappa shape index (κ3) is 5.18. The van der Waals surface area contributed by atoms with Crippen molar-refractivity contribution in [2.24, 2.45) is 11.1 Å². The lowest BCUT2D eigenvalue weighted by Gasteiger charge is -2.42. The Morgan fingerprint density at radius 3 is 2.46 bits per heavy atom. The number of hydrogen-bond acceptors (Lipinski definition) is 6. The fraction of sp³-hybridized carbons (Fsp3) is 0.407. The van der Waals surface area contributed by atoms with Crippen LogP contribution in [0.5, 0.6) is 5.88 Å². The second-order valence-electron chi connectivity index (χ2n) is 9.97. The molecule has 8 nitrogen and oxygen atoms in total. The Morgan fingerprint density at radius 1 is 1.14 bits per heavy atom. The number of amides is 1. The van der Waals surface area contributed by atoms with Gasteiger partial charge in [-0.25, -0.2) is 22.5 Å². The molecule has 37 heavy (non-hydrogen) atoms. The number of benzene rings is 2. The van der Waals surface area contributed by atoms with Crippen molar-refractivity contribution in [2.45, 2.75) is 55.6 Å². The molecule has 2 heterocycles. The summed E-state index contributed by atoms with van der Waals surface area (Å²) in [4.78, 5) is 17.2. The number of aromatic nitrogens is 1. The number of rotatable bonds is 8. The zero-order valence-electron chi connectivity index (χ0n) is 20.5. The van der Waals surface area contributed by atoms with E-state index in [1.807, 2.05) is 6.92 Å². The summed E-state index contributed by atoms with van der Waals surface area (Å²) in [6, 6.07) is 14.0. The number of nitrogens with one attached hydrogen (secondary N) is 1. The number of ether oxygens (including phenoxy) is 2. The number of hydrogen-bond donors (Lipinski definition) is 2. The van der Waals surface area contributed by atoms with E-state index in [4.69, 9.17) is 15.2 Å². The fourth-order valence-electron chi connectivity index (χ4n) is 5.27. The molecule has 2 fully saturated rings. The summed E-state index contributed by atoms with van der Waals surface area (Å²) in [6.45, 7) is 2.99. The number of carbonyl (C=O) groups is 1. The largest absolute Gasteiger partial charge is 0.469 e. The molecule has 5 rings (SSSR count). The third-order valence-electron chi connectivity index (χ3n) is 7.73. The van der Waals surface area contributed by atoms with E-state index in [0.29, 0.717) is 55.7 Å². The molecule has 1 amide bonds. The van der Waals surface area contributed by atoms with Crippen LogP contribution in [0.25, 0.3) is 10.9 Å². The Hall–Kier alpha value is -3.08. The molecule has 1 aliphatic carbocycles. The monoisotopic (exact) mass is 527 g/mol. The number of nitrogens with two attached hydrogens (primary N) is 1. The van der Waals surface area contributed by atoms with Crippen LogP contribution in [0.1, 0.15) is 44.1 Å². The highest BCUT2D eigenvalue weighted by molar-refractivity contribution is 7.89. The summed E-state index contributed by atoms with van der Waals surface area (Å²) in [5.74, 6) is -0.503. The van der Waals surface area contributed by atoms with Crippen LogP contribution < -0.4 is 15.2 Å². The van der Waals surface area contributed by atoms with Crippen molar-refractivity contribution in [1.29, 1.82) is 0 Å². The molecule has 10 heteroatoms. The first kappa shape index (κ1) is 25.6. The average molecular weight is 528 g/mol. The molecule has 1 atom stereocenters. The van der Waals surface area contributed by atoms with Gasteiger partial charge in [-0.1, -0.05) is 19.1 Å². The molecule has 0 radical (unpaired) electrons. The molecule has 3 N–H and O–H groups in total. The number of carbonyl (C=O) groups excluding carboxylic acids is 1. The van der Waals surface area contributed by atoms with Crippen LogP contribution >= 0.6 is 0 Å². The highest BCUT2D eigenvalue weighted by Gasteiger charge is 2.45. The molecule has 196 valence electrons. The first-order chi connectivity index (χ1) is 17.7. The normalized spacial score (nSPS) is 23.4. The predicted octanol–water partition coefficient (Wildman–Crippen LogP) is 3.65. The van der Waals surface area contributed by atoms with Gasteiger partial charge in [0.05, 0.1) is 29.0 Å². The summed E-state index contributed by atoms with van der Waals surface area (Å²) in [5, 5.41) is 0.685. The van der Waals surface area contributed by atoms with Crippen LogP contribution in [0.2, 0.25) is 0 Å². The number of nitrogens with zero attached hydrogens (tertiary/aromatic N) is 1. The molecule has 1 saturated carbocycles. The van der Waals surface area contributed by atoms with Gasteiger partial charge in [-0.05, 0) is 73.6 Å². The number of pyridine rings is 1. The summed E-state index contributed by atoms with van der Waals surface area (Å²) >= 11 is 0. The summed E-state index contributed by atoms with van der Waals surface area (Å²) in [7, 11) is -3.79. The molecule has 1 aliphatic heterocycles. The molecule has 0 unspecified atom stereocenters. The number of sulfonamides is 1. The fourth-order valence-corrected chi connectivity index (χ4v) is 6.61. The summed E-state index contributed by atoms with van der Waals surface area (Å²) in [5.41, 5.74) is 6.51. The maximum atomic E-state index is 13.4. The van der Waals surface area contributed by atoms with E-state index in [9.17, 15) is 17.6 Å². The summed E-state index contributed by atoms with van der Waals surface area (Å²) < 4.78 is 53.4. The minimum Gasteiger partial charge on any atom is -0.469 e. The van der Waals surface area contributed by atoms with Crippen molar-refractivity contribution >= 4 is 26.8 Å². The first-order valence-electron chi connectivity index (χ1n) is 12.4. The number of fused-ring (bicyclic) bond motifs is 1. The average Bonchev–Trinajstić information content (AvgIpc) is 2.86. The Kier molecular flexibility index (Phi) is 6.91. The Labute approximate surface area is 215 Å². The predicted molar refractivity (Wildman–Crippen MR) is 136 cm³/mol. The Balaban J connectivity index is 1.27. The summed E-state index contributed by atoms with van der Waals surface area (Å²) in [6.07, 6.45) is 1.80. The molecule has 1 saturated heterocycles. The lowest BCUT2D eigenvalue weighted by atomic mass is 9.63. The van der Waals surface area contributed by atoms with Crippen molar-refractivity contribution in [2.75, 3.05) is 13.2 Å². The van der Waals surface area contributed by atoms with Gasteiger partial charge in [0.1, 0.15) is 11.9 Å². The maximum absolute atomic E-state index is 13.4. The lowest BCUT2D eigenvalue weighted by Crippen LogP contribution is -2.48. The van der Waals surface area contributed by atoms with Crippen LogP contribution in [0.15, 0.2) is 59.5 Å². The molecular weight excluding hydrogens is 497 g/mol. The van der Waals surface area contributed by atoms with Crippen molar-refractivity contribution in [3.63, 3.8) is 0 Å². The van der Waals surface area contributed by atoms with Gasteiger partial charge in [-0.2, -0.15) is 0 Å². The van der Waals surface area contributed by atoms with E-state index >= 15 is 0 Å². The SMILES string of the molecule is C[C@H](c1ccc(F)cc1)C1(C(N)=O)CCC(NS(=O)(=O)c2ccc3nc(OC4COC4)ccc3c2)CC1. The van der Waals surface area contributed by atoms with Crippen LogP contribution in [0.3, 0.4) is 0 Å².